The molecule has 0 N–H and O–H groups in total. The highest BCUT2D eigenvalue weighted by atomic mass is 16.1. The van der Waals surface area contributed by atoms with Gasteiger partial charge in [0.25, 0.3) is 5.91 Å². The standard InChI is InChI=1S/C11H11NO/c1-2-6-11(13)12-9-10-7-4-3-5-8-10/h2-9H,1H3. The molecule has 1 aromatic rings. The fraction of sp³-hybridized carbons (Fsp3) is 0.0909. The summed E-state index contributed by atoms with van der Waals surface area (Å²) in [5.41, 5.74) is 0.931. The molecular weight excluding hydrogens is 162 g/mol. The van der Waals surface area contributed by atoms with Crippen LogP contribution in [0.15, 0.2) is 47.5 Å². The van der Waals surface area contributed by atoms with Crippen molar-refractivity contribution < 1.29 is 4.79 Å². The predicted octanol–water partition coefficient (Wildman–Crippen LogP) is 2.21. The molecule has 0 aliphatic rings. The van der Waals surface area contributed by atoms with E-state index in [1.165, 1.54) is 6.08 Å². The van der Waals surface area contributed by atoms with Gasteiger partial charge in [0.15, 0.2) is 0 Å². The summed E-state index contributed by atoms with van der Waals surface area (Å²) in [6.07, 6.45) is 4.66. The van der Waals surface area contributed by atoms with E-state index in [1.54, 1.807) is 19.2 Å². The topological polar surface area (TPSA) is 29.4 Å². The SMILES string of the molecule is CC=CC(=O)N=Cc1ccccc1. The Kier molecular flexibility index (Phi) is 3.64. The zero-order valence-electron chi connectivity index (χ0n) is 7.47. The van der Waals surface area contributed by atoms with Crippen LogP contribution in [0, 0.1) is 0 Å². The molecule has 0 bridgehead atoms. The average molecular weight is 173 g/mol. The van der Waals surface area contributed by atoms with Crippen LogP contribution in [0.5, 0.6) is 0 Å². The number of aliphatic imine (C=N–C) groups is 1. The van der Waals surface area contributed by atoms with E-state index in [-0.39, 0.29) is 5.91 Å². The van der Waals surface area contributed by atoms with Crippen molar-refractivity contribution in [1.82, 2.24) is 0 Å². The second-order valence-corrected chi connectivity index (χ2v) is 2.51. The molecular formula is C11H11NO. The van der Waals surface area contributed by atoms with Crippen LogP contribution in [-0.4, -0.2) is 12.1 Å². The summed E-state index contributed by atoms with van der Waals surface area (Å²) in [6.45, 7) is 1.79. The van der Waals surface area contributed by atoms with E-state index < -0.39 is 0 Å². The van der Waals surface area contributed by atoms with E-state index in [1.807, 2.05) is 30.3 Å². The second-order valence-electron chi connectivity index (χ2n) is 2.51. The number of carbonyl (C=O) groups excluding carboxylic acids is 1. The van der Waals surface area contributed by atoms with Crippen LogP contribution < -0.4 is 0 Å². The molecule has 1 amide bonds. The Hall–Kier alpha value is -1.70. The summed E-state index contributed by atoms with van der Waals surface area (Å²) in [6, 6.07) is 9.52. The van der Waals surface area contributed by atoms with Gasteiger partial charge in [0.05, 0.1) is 0 Å². The highest BCUT2D eigenvalue weighted by Gasteiger charge is 1.88. The minimum Gasteiger partial charge on any atom is -0.267 e. The van der Waals surface area contributed by atoms with Crippen molar-refractivity contribution in [2.45, 2.75) is 6.92 Å². The first-order chi connectivity index (χ1) is 6.33. The Bertz CT molecular complexity index is 325. The van der Waals surface area contributed by atoms with Gasteiger partial charge in [-0.1, -0.05) is 36.4 Å². The monoisotopic (exact) mass is 173 g/mol. The van der Waals surface area contributed by atoms with Gasteiger partial charge in [0.2, 0.25) is 0 Å². The number of allylic oxidation sites excluding steroid dienone is 1. The van der Waals surface area contributed by atoms with Gasteiger partial charge < -0.3 is 0 Å². The first kappa shape index (κ1) is 9.39. The molecule has 0 saturated heterocycles. The molecule has 0 radical (unpaired) electrons. The highest BCUT2D eigenvalue weighted by molar-refractivity contribution is 5.97. The summed E-state index contributed by atoms with van der Waals surface area (Å²) in [4.78, 5) is 14.7. The van der Waals surface area contributed by atoms with Crippen molar-refractivity contribution in [2.24, 2.45) is 4.99 Å². The molecule has 0 aliphatic heterocycles. The summed E-state index contributed by atoms with van der Waals surface area (Å²) in [5, 5.41) is 0. The minimum absolute atomic E-state index is 0.230. The molecule has 0 spiro atoms. The molecule has 1 aromatic carbocycles. The van der Waals surface area contributed by atoms with Gasteiger partial charge in [-0.05, 0) is 12.5 Å². The lowest BCUT2D eigenvalue weighted by atomic mass is 10.2. The van der Waals surface area contributed by atoms with Crippen molar-refractivity contribution >= 4 is 12.1 Å². The number of amides is 1. The normalized spacial score (nSPS) is 11.2. The van der Waals surface area contributed by atoms with E-state index in [4.69, 9.17) is 0 Å². The summed E-state index contributed by atoms with van der Waals surface area (Å²) < 4.78 is 0. The van der Waals surface area contributed by atoms with E-state index in [0.717, 1.165) is 5.56 Å². The third-order valence-corrected chi connectivity index (χ3v) is 1.45. The number of hydrogen-bond acceptors (Lipinski definition) is 1. The predicted molar refractivity (Wildman–Crippen MR) is 53.9 cm³/mol. The maximum Gasteiger partial charge on any atom is 0.269 e. The van der Waals surface area contributed by atoms with Crippen molar-refractivity contribution in [1.29, 1.82) is 0 Å². The Balaban J connectivity index is 2.64. The molecule has 13 heavy (non-hydrogen) atoms. The molecule has 0 fully saturated rings. The number of carbonyl (C=O) groups is 1. The zero-order chi connectivity index (χ0) is 9.52. The van der Waals surface area contributed by atoms with Crippen LogP contribution in [0.25, 0.3) is 0 Å². The lowest BCUT2D eigenvalue weighted by Gasteiger charge is -1.88. The third-order valence-electron chi connectivity index (χ3n) is 1.45. The number of nitrogens with zero attached hydrogens (tertiary/aromatic N) is 1. The van der Waals surface area contributed by atoms with Gasteiger partial charge in [0.1, 0.15) is 0 Å². The van der Waals surface area contributed by atoms with Crippen molar-refractivity contribution in [3.63, 3.8) is 0 Å². The zero-order valence-corrected chi connectivity index (χ0v) is 7.47. The first-order valence-corrected chi connectivity index (χ1v) is 4.08. The molecule has 0 saturated carbocycles. The maximum absolute atomic E-state index is 10.9. The van der Waals surface area contributed by atoms with Crippen LogP contribution in [0.4, 0.5) is 0 Å². The van der Waals surface area contributed by atoms with Crippen LogP contribution in [0.2, 0.25) is 0 Å². The minimum atomic E-state index is -0.230. The molecule has 2 nitrogen and oxygen atoms in total. The van der Waals surface area contributed by atoms with Crippen molar-refractivity contribution in [3.05, 3.63) is 48.0 Å². The summed E-state index contributed by atoms with van der Waals surface area (Å²) >= 11 is 0. The van der Waals surface area contributed by atoms with Gasteiger partial charge in [-0.15, -0.1) is 0 Å². The number of rotatable bonds is 2. The fourth-order valence-electron chi connectivity index (χ4n) is 0.863. The van der Waals surface area contributed by atoms with Gasteiger partial charge in [0, 0.05) is 12.3 Å². The quantitative estimate of drug-likeness (QED) is 0.498. The van der Waals surface area contributed by atoms with E-state index in [0.29, 0.717) is 0 Å². The van der Waals surface area contributed by atoms with Crippen LogP contribution in [0.3, 0.4) is 0 Å². The van der Waals surface area contributed by atoms with Gasteiger partial charge in [-0.25, -0.2) is 4.99 Å². The third kappa shape index (κ3) is 3.47. The van der Waals surface area contributed by atoms with Crippen molar-refractivity contribution in [2.75, 3.05) is 0 Å². The molecule has 0 heterocycles. The molecule has 2 heteroatoms. The van der Waals surface area contributed by atoms with Gasteiger partial charge >= 0.3 is 0 Å². The van der Waals surface area contributed by atoms with Gasteiger partial charge in [-0.3, -0.25) is 4.79 Å². The molecule has 66 valence electrons. The maximum atomic E-state index is 10.9. The first-order valence-electron chi connectivity index (χ1n) is 4.08. The Labute approximate surface area is 77.6 Å². The molecule has 0 aliphatic carbocycles. The highest BCUT2D eigenvalue weighted by Crippen LogP contribution is 1.94. The van der Waals surface area contributed by atoms with Gasteiger partial charge in [-0.2, -0.15) is 0 Å². The van der Waals surface area contributed by atoms with Crippen LogP contribution in [0.1, 0.15) is 12.5 Å². The Morgan fingerprint density at radius 3 is 2.62 bits per heavy atom. The average Bonchev–Trinajstić information content (AvgIpc) is 2.17. The fourth-order valence-corrected chi connectivity index (χ4v) is 0.863. The van der Waals surface area contributed by atoms with Crippen LogP contribution in [-0.2, 0) is 4.79 Å². The largest absolute Gasteiger partial charge is 0.269 e. The molecule has 0 unspecified atom stereocenters. The smallest absolute Gasteiger partial charge is 0.267 e. The molecule has 0 atom stereocenters. The second kappa shape index (κ2) is 5.04. The van der Waals surface area contributed by atoms with Crippen LogP contribution >= 0.6 is 0 Å². The number of benzene rings is 1. The van der Waals surface area contributed by atoms with E-state index in [2.05, 4.69) is 4.99 Å². The number of hydrogen-bond donors (Lipinski definition) is 0. The Morgan fingerprint density at radius 2 is 2.00 bits per heavy atom. The molecule has 0 aromatic heterocycles. The van der Waals surface area contributed by atoms with E-state index >= 15 is 0 Å². The van der Waals surface area contributed by atoms with Crippen molar-refractivity contribution in [3.8, 4) is 0 Å². The summed E-state index contributed by atoms with van der Waals surface area (Å²) in [7, 11) is 0. The lowest BCUT2D eigenvalue weighted by molar-refractivity contribution is -0.113. The van der Waals surface area contributed by atoms with E-state index in [9.17, 15) is 4.79 Å². The summed E-state index contributed by atoms with van der Waals surface area (Å²) in [5.74, 6) is -0.230. The molecule has 1 rings (SSSR count). The Morgan fingerprint density at radius 1 is 1.31 bits per heavy atom. The lowest BCUT2D eigenvalue weighted by Crippen LogP contribution is -1.88.